The predicted octanol–water partition coefficient (Wildman–Crippen LogP) is 3.47. The van der Waals surface area contributed by atoms with Crippen LogP contribution in [0.3, 0.4) is 0 Å². The number of nitrogens with one attached hydrogen (secondary N) is 1. The van der Waals surface area contributed by atoms with Gasteiger partial charge in [0.2, 0.25) is 5.91 Å². The summed E-state index contributed by atoms with van der Waals surface area (Å²) in [6.07, 6.45) is 0.00720. The highest BCUT2D eigenvalue weighted by Crippen LogP contribution is 2.34. The van der Waals surface area contributed by atoms with Gasteiger partial charge in [0, 0.05) is 23.5 Å². The van der Waals surface area contributed by atoms with Crippen LogP contribution in [0.5, 0.6) is 5.75 Å². The minimum absolute atomic E-state index is 0.0966. The van der Waals surface area contributed by atoms with Crippen LogP contribution in [0.15, 0.2) is 42.5 Å². The Morgan fingerprint density at radius 1 is 1.23 bits per heavy atom. The monoisotopic (exact) mass is 392 g/mol. The number of amides is 2. The number of carbonyl (C=O) groups excluding carboxylic acids is 2. The molecule has 1 aliphatic rings. The summed E-state index contributed by atoms with van der Waals surface area (Å²) in [4.78, 5) is 26.4. The maximum atomic E-state index is 12.8. The molecule has 0 aromatic heterocycles. The van der Waals surface area contributed by atoms with Gasteiger partial charge < -0.3 is 15.0 Å². The molecule has 0 fully saturated rings. The molecule has 0 saturated carbocycles. The second-order valence-electron chi connectivity index (χ2n) is 5.93. The first-order chi connectivity index (χ1) is 12.5. The van der Waals surface area contributed by atoms with Gasteiger partial charge in [-0.15, -0.1) is 0 Å². The van der Waals surface area contributed by atoms with Crippen molar-refractivity contribution >= 4 is 40.7 Å². The minimum Gasteiger partial charge on any atom is -0.477 e. The topological polar surface area (TPSA) is 58.6 Å². The minimum atomic E-state index is -0.738. The van der Waals surface area contributed by atoms with Crippen molar-refractivity contribution in [2.45, 2.75) is 18.9 Å². The Hall–Kier alpha value is -2.24. The largest absolute Gasteiger partial charge is 0.477 e. The van der Waals surface area contributed by atoms with Gasteiger partial charge >= 0.3 is 0 Å². The lowest BCUT2D eigenvalue weighted by atomic mass is 10.1. The number of rotatable bonds is 4. The second-order valence-corrected chi connectivity index (χ2v) is 6.77. The number of para-hydroxylation sites is 2. The number of halogens is 2. The fraction of sp³-hybridized carbons (Fsp3) is 0.263. The van der Waals surface area contributed by atoms with Crippen LogP contribution in [-0.4, -0.2) is 31.5 Å². The van der Waals surface area contributed by atoms with Gasteiger partial charge in [-0.1, -0.05) is 41.4 Å². The van der Waals surface area contributed by atoms with E-state index in [1.54, 1.807) is 36.2 Å². The fourth-order valence-electron chi connectivity index (χ4n) is 2.87. The summed E-state index contributed by atoms with van der Waals surface area (Å²) in [5.74, 6) is 0.156. The zero-order valence-corrected chi connectivity index (χ0v) is 15.7. The number of benzene rings is 2. The van der Waals surface area contributed by atoms with Gasteiger partial charge in [0.1, 0.15) is 5.75 Å². The van der Waals surface area contributed by atoms with Crippen molar-refractivity contribution in [1.82, 2.24) is 5.32 Å². The zero-order valence-electron chi connectivity index (χ0n) is 14.2. The number of anilines is 1. The third-order valence-corrected chi connectivity index (χ3v) is 4.82. The van der Waals surface area contributed by atoms with Crippen molar-refractivity contribution in [2.24, 2.45) is 0 Å². The van der Waals surface area contributed by atoms with Crippen LogP contribution < -0.4 is 15.0 Å². The van der Waals surface area contributed by atoms with E-state index in [4.69, 9.17) is 27.9 Å². The van der Waals surface area contributed by atoms with Gasteiger partial charge in [0.25, 0.3) is 5.91 Å². The maximum absolute atomic E-state index is 12.8. The van der Waals surface area contributed by atoms with E-state index in [1.807, 2.05) is 18.2 Å². The van der Waals surface area contributed by atoms with Crippen molar-refractivity contribution < 1.29 is 14.3 Å². The Bertz CT molecular complexity index is 841. The van der Waals surface area contributed by atoms with E-state index in [2.05, 4.69) is 5.32 Å². The Balaban J connectivity index is 1.77. The molecule has 0 spiro atoms. The van der Waals surface area contributed by atoms with E-state index in [0.29, 0.717) is 27.9 Å². The number of likely N-dealkylation sites (N-methyl/N-ethyl adjacent to an activating group) is 1. The lowest BCUT2D eigenvalue weighted by Crippen LogP contribution is -2.50. The van der Waals surface area contributed by atoms with E-state index in [0.717, 1.165) is 5.56 Å². The number of ether oxygens (including phenoxy) is 1. The van der Waals surface area contributed by atoms with Crippen LogP contribution in [0.1, 0.15) is 12.0 Å². The molecule has 0 unspecified atom stereocenters. The van der Waals surface area contributed by atoms with E-state index in [1.165, 1.54) is 0 Å². The van der Waals surface area contributed by atoms with Crippen LogP contribution >= 0.6 is 23.2 Å². The lowest BCUT2D eigenvalue weighted by Gasteiger charge is -2.34. The first kappa shape index (κ1) is 18.5. The quantitative estimate of drug-likeness (QED) is 0.866. The third kappa shape index (κ3) is 3.94. The molecule has 136 valence electrons. The molecule has 3 rings (SSSR count). The molecule has 2 aromatic rings. The normalized spacial score (nSPS) is 15.8. The van der Waals surface area contributed by atoms with Crippen LogP contribution in [-0.2, 0) is 16.0 Å². The van der Waals surface area contributed by atoms with Gasteiger partial charge in [-0.05, 0) is 36.2 Å². The van der Waals surface area contributed by atoms with E-state index >= 15 is 0 Å². The van der Waals surface area contributed by atoms with Gasteiger partial charge in [-0.3, -0.25) is 9.59 Å². The summed E-state index contributed by atoms with van der Waals surface area (Å²) in [5.41, 5.74) is 1.52. The molecule has 2 aromatic carbocycles. The number of hydrogen-bond acceptors (Lipinski definition) is 3. The summed E-state index contributed by atoms with van der Waals surface area (Å²) < 4.78 is 5.72. The Morgan fingerprint density at radius 3 is 2.73 bits per heavy atom. The molecule has 1 heterocycles. The Kier molecular flexibility index (Phi) is 5.69. The molecule has 1 atom stereocenters. The molecule has 5 nitrogen and oxygen atoms in total. The van der Waals surface area contributed by atoms with Crippen LogP contribution in [0, 0.1) is 0 Å². The van der Waals surface area contributed by atoms with Crippen molar-refractivity contribution in [2.75, 3.05) is 18.5 Å². The summed E-state index contributed by atoms with van der Waals surface area (Å²) in [7, 11) is 1.54. The highest BCUT2D eigenvalue weighted by atomic mass is 35.5. The molecule has 26 heavy (non-hydrogen) atoms. The molecule has 1 aliphatic heterocycles. The average molecular weight is 393 g/mol. The first-order valence-electron chi connectivity index (χ1n) is 8.21. The predicted molar refractivity (Wildman–Crippen MR) is 102 cm³/mol. The van der Waals surface area contributed by atoms with Crippen molar-refractivity contribution in [1.29, 1.82) is 0 Å². The lowest BCUT2D eigenvalue weighted by molar-refractivity contribution is -0.127. The van der Waals surface area contributed by atoms with Crippen molar-refractivity contribution in [3.8, 4) is 5.75 Å². The average Bonchev–Trinajstić information content (AvgIpc) is 2.65. The summed E-state index contributed by atoms with van der Waals surface area (Å²) in [6.45, 7) is 0.171. The van der Waals surface area contributed by atoms with Crippen molar-refractivity contribution in [3.05, 3.63) is 58.1 Å². The summed E-state index contributed by atoms with van der Waals surface area (Å²) in [5, 5.41) is 3.66. The molecule has 2 amide bonds. The Morgan fingerprint density at radius 2 is 2.00 bits per heavy atom. The van der Waals surface area contributed by atoms with Gasteiger partial charge in [-0.2, -0.15) is 0 Å². The van der Waals surface area contributed by atoms with Crippen molar-refractivity contribution in [3.63, 3.8) is 0 Å². The standard InChI is InChI=1S/C19H18Cl2N2O3/c1-22-19(25)17-11-23(15-4-2-3-5-16(15)26-17)18(24)9-7-12-6-8-13(20)10-14(12)21/h2-6,8,10,17H,7,9,11H2,1H3,(H,22,25)/t17-/m1/s1. The molecule has 0 saturated heterocycles. The molecule has 7 heteroatoms. The SMILES string of the molecule is CNC(=O)[C@H]1CN(C(=O)CCc2ccc(Cl)cc2Cl)c2ccccc2O1. The zero-order chi connectivity index (χ0) is 18.7. The summed E-state index contributed by atoms with van der Waals surface area (Å²) in [6, 6.07) is 12.4. The summed E-state index contributed by atoms with van der Waals surface area (Å²) >= 11 is 12.1. The number of hydrogen-bond donors (Lipinski definition) is 1. The number of nitrogens with zero attached hydrogens (tertiary/aromatic N) is 1. The second kappa shape index (κ2) is 7.98. The molecule has 0 radical (unpaired) electrons. The highest BCUT2D eigenvalue weighted by molar-refractivity contribution is 6.35. The smallest absolute Gasteiger partial charge is 0.262 e. The van der Waals surface area contributed by atoms with Crippen LogP contribution in [0.4, 0.5) is 5.69 Å². The van der Waals surface area contributed by atoms with Gasteiger partial charge in [0.05, 0.1) is 12.2 Å². The molecule has 0 aliphatic carbocycles. The molecular weight excluding hydrogens is 375 g/mol. The molecule has 0 bridgehead atoms. The van der Waals surface area contributed by atoms with E-state index in [9.17, 15) is 9.59 Å². The molecular formula is C19H18Cl2N2O3. The van der Waals surface area contributed by atoms with Crippen LogP contribution in [0.25, 0.3) is 0 Å². The van der Waals surface area contributed by atoms with Gasteiger partial charge in [0.15, 0.2) is 6.10 Å². The third-order valence-electron chi connectivity index (χ3n) is 4.24. The number of carbonyl (C=O) groups is 2. The number of aryl methyl sites for hydroxylation is 1. The Labute approximate surface area is 161 Å². The highest BCUT2D eigenvalue weighted by Gasteiger charge is 2.33. The van der Waals surface area contributed by atoms with E-state index < -0.39 is 6.10 Å². The fourth-order valence-corrected chi connectivity index (χ4v) is 3.37. The van der Waals surface area contributed by atoms with Crippen LogP contribution in [0.2, 0.25) is 10.0 Å². The number of fused-ring (bicyclic) bond motifs is 1. The molecule has 1 N–H and O–H groups in total. The van der Waals surface area contributed by atoms with Gasteiger partial charge in [-0.25, -0.2) is 0 Å². The first-order valence-corrected chi connectivity index (χ1v) is 8.96. The van der Waals surface area contributed by atoms with E-state index in [-0.39, 0.29) is 24.8 Å². The maximum Gasteiger partial charge on any atom is 0.262 e.